The molecule has 0 bridgehead atoms. The van der Waals surface area contributed by atoms with Crippen molar-refractivity contribution >= 4 is 5.97 Å². The van der Waals surface area contributed by atoms with Gasteiger partial charge in [0.15, 0.2) is 0 Å². The minimum Gasteiger partial charge on any atom is -0.493 e. The van der Waals surface area contributed by atoms with Crippen LogP contribution in [-0.2, 0) is 23.2 Å². The van der Waals surface area contributed by atoms with Crippen LogP contribution in [0, 0.1) is 6.92 Å². The van der Waals surface area contributed by atoms with Gasteiger partial charge in [0.05, 0.1) is 12.3 Å². The van der Waals surface area contributed by atoms with Gasteiger partial charge in [-0.15, -0.1) is 0 Å². The number of ether oxygens (including phenoxy) is 1. The second-order valence-electron chi connectivity index (χ2n) is 8.09. The van der Waals surface area contributed by atoms with E-state index < -0.39 is 11.5 Å². The van der Waals surface area contributed by atoms with E-state index in [9.17, 15) is 9.90 Å². The zero-order chi connectivity index (χ0) is 23.3. The zero-order valence-corrected chi connectivity index (χ0v) is 18.9. The Kier molecular flexibility index (Phi) is 6.63. The number of carboxylic acids is 1. The van der Waals surface area contributed by atoms with Gasteiger partial charge in [-0.3, -0.25) is 0 Å². The lowest BCUT2D eigenvalue weighted by atomic mass is 9.88. The summed E-state index contributed by atoms with van der Waals surface area (Å²) in [5, 5.41) is 9.97. The van der Waals surface area contributed by atoms with E-state index in [0.717, 1.165) is 28.3 Å². The molecule has 4 rings (SSSR count). The second-order valence-corrected chi connectivity index (χ2v) is 8.09. The molecule has 0 aliphatic rings. The van der Waals surface area contributed by atoms with Crippen molar-refractivity contribution in [2.24, 2.45) is 0 Å². The first kappa shape index (κ1) is 22.4. The van der Waals surface area contributed by atoms with Gasteiger partial charge >= 0.3 is 5.97 Å². The second kappa shape index (κ2) is 9.77. The summed E-state index contributed by atoms with van der Waals surface area (Å²) in [4.78, 5) is 16.8. The average molecular weight is 445 g/mol. The number of rotatable bonds is 10. The molecule has 1 atom stereocenters. The SMILES string of the molecule is CC[C@](Cc1ccc(OCCc2nc(-c3ccccc3)oc2C)cc1)(C(=O)O)n1cccc1. The first-order valence-electron chi connectivity index (χ1n) is 11.1. The summed E-state index contributed by atoms with van der Waals surface area (Å²) in [5.74, 6) is 1.32. The highest BCUT2D eigenvalue weighted by atomic mass is 16.5. The predicted molar refractivity (Wildman–Crippen MR) is 126 cm³/mol. The summed E-state index contributed by atoms with van der Waals surface area (Å²) in [6, 6.07) is 21.2. The molecule has 0 unspecified atom stereocenters. The maximum absolute atomic E-state index is 12.2. The molecule has 2 heterocycles. The van der Waals surface area contributed by atoms with Crippen molar-refractivity contribution in [2.75, 3.05) is 6.61 Å². The molecular weight excluding hydrogens is 416 g/mol. The lowest BCUT2D eigenvalue weighted by Crippen LogP contribution is -2.42. The quantitative estimate of drug-likeness (QED) is 0.349. The standard InChI is InChI=1S/C27H28N2O4/c1-3-27(26(30)31,29-16-7-8-17-29)19-21-11-13-23(14-12-21)32-18-15-24-20(2)33-25(28-24)22-9-5-4-6-10-22/h4-14,16-17H,3,15,18-19H2,1-2H3,(H,30,31)/t27-/m0/s1. The maximum atomic E-state index is 12.2. The number of hydrogen-bond donors (Lipinski definition) is 1. The third-order valence-electron chi connectivity index (χ3n) is 6.02. The Labute approximate surface area is 193 Å². The third-order valence-corrected chi connectivity index (χ3v) is 6.02. The van der Waals surface area contributed by atoms with Crippen LogP contribution in [0.4, 0.5) is 0 Å². The number of aryl methyl sites for hydroxylation is 1. The van der Waals surface area contributed by atoms with Gasteiger partial charge in [-0.25, -0.2) is 9.78 Å². The molecule has 0 saturated carbocycles. The van der Waals surface area contributed by atoms with Crippen LogP contribution in [-0.4, -0.2) is 27.2 Å². The summed E-state index contributed by atoms with van der Waals surface area (Å²) >= 11 is 0. The molecule has 0 fully saturated rings. The maximum Gasteiger partial charge on any atom is 0.330 e. The molecule has 6 nitrogen and oxygen atoms in total. The van der Waals surface area contributed by atoms with Crippen molar-refractivity contribution in [3.05, 3.63) is 96.1 Å². The molecule has 6 heteroatoms. The fourth-order valence-electron chi connectivity index (χ4n) is 4.03. The van der Waals surface area contributed by atoms with E-state index in [2.05, 4.69) is 4.98 Å². The Morgan fingerprint density at radius 3 is 2.39 bits per heavy atom. The molecule has 0 saturated heterocycles. The Morgan fingerprint density at radius 2 is 1.76 bits per heavy atom. The number of hydrogen-bond acceptors (Lipinski definition) is 4. The van der Waals surface area contributed by atoms with E-state index in [1.54, 1.807) is 4.57 Å². The van der Waals surface area contributed by atoms with E-state index in [4.69, 9.17) is 9.15 Å². The number of oxazole rings is 1. The Hall–Kier alpha value is -3.80. The van der Waals surface area contributed by atoms with Crippen LogP contribution in [0.15, 0.2) is 83.5 Å². The van der Waals surface area contributed by atoms with Crippen LogP contribution in [0.5, 0.6) is 5.75 Å². The topological polar surface area (TPSA) is 77.5 Å². The van der Waals surface area contributed by atoms with Gasteiger partial charge in [-0.1, -0.05) is 37.3 Å². The Balaban J connectivity index is 1.38. The van der Waals surface area contributed by atoms with E-state index in [-0.39, 0.29) is 0 Å². The zero-order valence-electron chi connectivity index (χ0n) is 18.9. The smallest absolute Gasteiger partial charge is 0.330 e. The molecule has 2 aromatic heterocycles. The van der Waals surface area contributed by atoms with Crippen LogP contribution in [0.3, 0.4) is 0 Å². The van der Waals surface area contributed by atoms with E-state index in [1.807, 2.05) is 93.0 Å². The van der Waals surface area contributed by atoms with E-state index in [1.165, 1.54) is 0 Å². The van der Waals surface area contributed by atoms with Crippen molar-refractivity contribution in [1.29, 1.82) is 0 Å². The van der Waals surface area contributed by atoms with Gasteiger partial charge in [-0.05, 0) is 55.3 Å². The highest BCUT2D eigenvalue weighted by Crippen LogP contribution is 2.28. The van der Waals surface area contributed by atoms with Gasteiger partial charge < -0.3 is 18.8 Å². The molecule has 33 heavy (non-hydrogen) atoms. The lowest BCUT2D eigenvalue weighted by molar-refractivity contribution is -0.147. The summed E-state index contributed by atoms with van der Waals surface area (Å²) in [5.41, 5.74) is 1.77. The molecule has 4 aromatic rings. The van der Waals surface area contributed by atoms with Gasteiger partial charge in [-0.2, -0.15) is 0 Å². The lowest BCUT2D eigenvalue weighted by Gasteiger charge is -2.30. The van der Waals surface area contributed by atoms with Crippen molar-refractivity contribution in [3.63, 3.8) is 0 Å². The molecule has 0 spiro atoms. The minimum absolute atomic E-state index is 0.397. The van der Waals surface area contributed by atoms with Gasteiger partial charge in [0.2, 0.25) is 5.89 Å². The molecule has 0 aliphatic carbocycles. The van der Waals surface area contributed by atoms with Crippen molar-refractivity contribution in [2.45, 2.75) is 38.6 Å². The number of nitrogens with zero attached hydrogens (tertiary/aromatic N) is 2. The van der Waals surface area contributed by atoms with Gasteiger partial charge in [0.1, 0.15) is 17.0 Å². The minimum atomic E-state index is -1.01. The monoisotopic (exact) mass is 444 g/mol. The highest BCUT2D eigenvalue weighted by Gasteiger charge is 2.38. The number of aromatic nitrogens is 2. The Bertz CT molecular complexity index is 1180. The first-order chi connectivity index (χ1) is 16.0. The van der Waals surface area contributed by atoms with Crippen molar-refractivity contribution < 1.29 is 19.1 Å². The molecule has 0 radical (unpaired) electrons. The van der Waals surface area contributed by atoms with Crippen LogP contribution in [0.1, 0.15) is 30.4 Å². The van der Waals surface area contributed by atoms with Crippen molar-refractivity contribution in [3.8, 4) is 17.2 Å². The van der Waals surface area contributed by atoms with E-state index in [0.29, 0.717) is 31.8 Å². The number of carbonyl (C=O) groups is 1. The van der Waals surface area contributed by atoms with Gasteiger partial charge in [0, 0.05) is 30.8 Å². The summed E-state index contributed by atoms with van der Waals surface area (Å²) < 4.78 is 13.5. The van der Waals surface area contributed by atoms with E-state index >= 15 is 0 Å². The molecular formula is C27H28N2O4. The predicted octanol–water partition coefficient (Wildman–Crippen LogP) is 5.51. The summed E-state index contributed by atoms with van der Waals surface area (Å²) in [6.07, 6.45) is 5.13. The number of carboxylic acid groups (broad SMARTS) is 1. The summed E-state index contributed by atoms with van der Waals surface area (Å²) in [6.45, 7) is 4.29. The van der Waals surface area contributed by atoms with Crippen molar-refractivity contribution in [1.82, 2.24) is 9.55 Å². The highest BCUT2D eigenvalue weighted by molar-refractivity contribution is 5.77. The fraction of sp³-hybridized carbons (Fsp3) is 0.259. The first-order valence-corrected chi connectivity index (χ1v) is 11.1. The normalized spacial score (nSPS) is 12.9. The van der Waals surface area contributed by atoms with Crippen LogP contribution < -0.4 is 4.74 Å². The Morgan fingerprint density at radius 1 is 1.06 bits per heavy atom. The fourth-order valence-corrected chi connectivity index (χ4v) is 4.03. The van der Waals surface area contributed by atoms with Crippen LogP contribution >= 0.6 is 0 Å². The third kappa shape index (κ3) is 4.85. The average Bonchev–Trinajstić information content (AvgIpc) is 3.50. The van der Waals surface area contributed by atoms with Gasteiger partial charge in [0.25, 0.3) is 0 Å². The number of benzene rings is 2. The molecule has 1 N–H and O–H groups in total. The molecule has 170 valence electrons. The molecule has 0 amide bonds. The molecule has 0 aliphatic heterocycles. The van der Waals surface area contributed by atoms with Crippen LogP contribution in [0.25, 0.3) is 11.5 Å². The molecule has 2 aromatic carbocycles. The van der Waals surface area contributed by atoms with Crippen LogP contribution in [0.2, 0.25) is 0 Å². The number of aliphatic carboxylic acids is 1. The largest absolute Gasteiger partial charge is 0.493 e. The summed E-state index contributed by atoms with van der Waals surface area (Å²) in [7, 11) is 0.